The van der Waals surface area contributed by atoms with Gasteiger partial charge < -0.3 is 4.42 Å². The maximum atomic E-state index is 6.14. The first-order chi connectivity index (χ1) is 12.3. The molecule has 4 aromatic rings. The van der Waals surface area contributed by atoms with Gasteiger partial charge in [-0.2, -0.15) is 0 Å². The maximum Gasteiger partial charge on any atom is 0.227 e. The normalized spacial score (nSPS) is 12.2. The van der Waals surface area contributed by atoms with E-state index in [0.29, 0.717) is 5.71 Å². The second kappa shape index (κ2) is 5.94. The molecular formula is C23H24N2O. The van der Waals surface area contributed by atoms with Crippen molar-refractivity contribution in [3.63, 3.8) is 0 Å². The molecule has 0 spiro atoms. The van der Waals surface area contributed by atoms with Crippen molar-refractivity contribution in [2.45, 2.75) is 41.0 Å². The summed E-state index contributed by atoms with van der Waals surface area (Å²) in [6.45, 7) is 10.9. The third-order valence-corrected chi connectivity index (χ3v) is 4.71. The van der Waals surface area contributed by atoms with Crippen molar-refractivity contribution < 1.29 is 4.42 Å². The number of hydrogen-bond acceptors (Lipinski definition) is 3. The minimum atomic E-state index is 0.232. The number of fused-ring (bicyclic) bond motifs is 3. The molecule has 0 fully saturated rings. The van der Waals surface area contributed by atoms with Crippen LogP contribution in [0.4, 0.5) is 0 Å². The van der Waals surface area contributed by atoms with E-state index < -0.39 is 0 Å². The zero-order valence-electron chi connectivity index (χ0n) is 16.1. The molecule has 4 rings (SSSR count). The van der Waals surface area contributed by atoms with Crippen LogP contribution in [0.5, 0.6) is 0 Å². The second-order valence-electron chi connectivity index (χ2n) is 8.32. The Kier molecular flexibility index (Phi) is 3.83. The number of nitrogens with zero attached hydrogens (tertiary/aromatic N) is 2. The predicted molar refractivity (Wildman–Crippen MR) is 107 cm³/mol. The van der Waals surface area contributed by atoms with Gasteiger partial charge in [0.25, 0.3) is 0 Å². The van der Waals surface area contributed by atoms with Crippen LogP contribution in [-0.4, -0.2) is 9.97 Å². The fourth-order valence-electron chi connectivity index (χ4n) is 3.45. The van der Waals surface area contributed by atoms with Gasteiger partial charge in [-0.05, 0) is 61.1 Å². The average Bonchev–Trinajstić information content (AvgIpc) is 2.93. The van der Waals surface area contributed by atoms with E-state index in [1.807, 2.05) is 19.2 Å². The lowest BCUT2D eigenvalue weighted by Crippen LogP contribution is -2.10. The van der Waals surface area contributed by atoms with Gasteiger partial charge in [-0.1, -0.05) is 32.9 Å². The molecular weight excluding hydrogens is 320 g/mol. The lowest BCUT2D eigenvalue weighted by molar-refractivity contribution is 0.410. The van der Waals surface area contributed by atoms with E-state index in [4.69, 9.17) is 9.40 Å². The lowest BCUT2D eigenvalue weighted by atomic mass is 9.86. The molecule has 0 aliphatic rings. The summed E-state index contributed by atoms with van der Waals surface area (Å²) in [5, 5.41) is 2.14. The van der Waals surface area contributed by atoms with Gasteiger partial charge >= 0.3 is 0 Å². The molecule has 0 saturated carbocycles. The minimum Gasteiger partial charge on any atom is -0.437 e. The van der Waals surface area contributed by atoms with Crippen LogP contribution >= 0.6 is 0 Å². The van der Waals surface area contributed by atoms with E-state index in [9.17, 15) is 0 Å². The number of aromatic nitrogens is 2. The molecule has 3 nitrogen and oxygen atoms in total. The highest BCUT2D eigenvalue weighted by molar-refractivity contribution is 6.08. The predicted octanol–water partition coefficient (Wildman–Crippen LogP) is 6.25. The number of rotatable bonds is 2. The Balaban J connectivity index is 1.92. The molecule has 0 aliphatic carbocycles. The average molecular weight is 344 g/mol. The van der Waals surface area contributed by atoms with Crippen LogP contribution in [0.1, 0.15) is 37.6 Å². The van der Waals surface area contributed by atoms with Crippen molar-refractivity contribution in [1.29, 1.82) is 0 Å². The second-order valence-corrected chi connectivity index (χ2v) is 8.32. The molecule has 26 heavy (non-hydrogen) atoms. The van der Waals surface area contributed by atoms with Gasteiger partial charge in [0.1, 0.15) is 5.58 Å². The van der Waals surface area contributed by atoms with Crippen LogP contribution in [0.25, 0.3) is 33.3 Å². The molecule has 0 N–H and O–H groups in total. The zero-order valence-corrected chi connectivity index (χ0v) is 16.1. The number of para-hydroxylation sites is 1. The Labute approximate surface area is 154 Å². The third kappa shape index (κ3) is 2.98. The summed E-state index contributed by atoms with van der Waals surface area (Å²) >= 11 is 0. The van der Waals surface area contributed by atoms with E-state index in [2.05, 4.69) is 63.0 Å². The summed E-state index contributed by atoms with van der Waals surface area (Å²) in [5.41, 5.74) is 7.29. The summed E-state index contributed by atoms with van der Waals surface area (Å²) in [6.07, 6.45) is 2.99. The molecule has 0 bridgehead atoms. The molecule has 132 valence electrons. The Morgan fingerprint density at radius 2 is 1.81 bits per heavy atom. The van der Waals surface area contributed by atoms with Gasteiger partial charge in [0.2, 0.25) is 5.71 Å². The van der Waals surface area contributed by atoms with Gasteiger partial charge in [0.05, 0.1) is 5.69 Å². The van der Waals surface area contributed by atoms with E-state index in [0.717, 1.165) is 39.7 Å². The molecule has 3 heteroatoms. The van der Waals surface area contributed by atoms with E-state index in [1.165, 1.54) is 11.1 Å². The van der Waals surface area contributed by atoms with Crippen molar-refractivity contribution in [2.75, 3.05) is 0 Å². The van der Waals surface area contributed by atoms with Crippen molar-refractivity contribution in [2.24, 2.45) is 5.41 Å². The standard InChI is InChI=1S/C23H24N2O/c1-14-13-24-20(11-16(14)12-23(3,4)5)19-8-6-7-17-18-10-9-15(2)25-22(18)26-21(17)19/h6-11,13H,12H2,1-5H3. The quantitative estimate of drug-likeness (QED) is 0.431. The highest BCUT2D eigenvalue weighted by Crippen LogP contribution is 2.35. The number of furan rings is 1. The van der Waals surface area contributed by atoms with Gasteiger partial charge in [-0.15, -0.1) is 0 Å². The highest BCUT2D eigenvalue weighted by atomic mass is 16.3. The number of pyridine rings is 2. The Bertz CT molecular complexity index is 1120. The Hall–Kier alpha value is -2.68. The van der Waals surface area contributed by atoms with Crippen molar-refractivity contribution in [3.05, 3.63) is 59.4 Å². The first kappa shape index (κ1) is 16.8. The van der Waals surface area contributed by atoms with Gasteiger partial charge in [-0.3, -0.25) is 4.98 Å². The van der Waals surface area contributed by atoms with E-state index in [-0.39, 0.29) is 5.41 Å². The zero-order chi connectivity index (χ0) is 18.5. The lowest BCUT2D eigenvalue weighted by Gasteiger charge is -2.20. The fraction of sp³-hybridized carbons (Fsp3) is 0.304. The summed E-state index contributed by atoms with van der Waals surface area (Å²) in [6, 6.07) is 12.6. The summed E-state index contributed by atoms with van der Waals surface area (Å²) in [4.78, 5) is 9.24. The van der Waals surface area contributed by atoms with Gasteiger partial charge in [0, 0.05) is 28.2 Å². The maximum absolute atomic E-state index is 6.14. The molecule has 0 saturated heterocycles. The van der Waals surface area contributed by atoms with E-state index >= 15 is 0 Å². The number of hydrogen-bond donors (Lipinski definition) is 0. The summed E-state index contributed by atoms with van der Waals surface area (Å²) in [7, 11) is 0. The molecule has 0 atom stereocenters. The summed E-state index contributed by atoms with van der Waals surface area (Å²) in [5.74, 6) is 0. The number of benzene rings is 1. The monoisotopic (exact) mass is 344 g/mol. The molecule has 3 aromatic heterocycles. The minimum absolute atomic E-state index is 0.232. The first-order valence-electron chi connectivity index (χ1n) is 9.07. The smallest absolute Gasteiger partial charge is 0.227 e. The number of aryl methyl sites for hydroxylation is 2. The van der Waals surface area contributed by atoms with Gasteiger partial charge in [0.15, 0.2) is 0 Å². The fourth-order valence-corrected chi connectivity index (χ4v) is 3.45. The Morgan fingerprint density at radius 1 is 1.00 bits per heavy atom. The molecule has 1 aromatic carbocycles. The topological polar surface area (TPSA) is 38.9 Å². The largest absolute Gasteiger partial charge is 0.437 e. The van der Waals surface area contributed by atoms with Crippen molar-refractivity contribution in [1.82, 2.24) is 9.97 Å². The highest BCUT2D eigenvalue weighted by Gasteiger charge is 2.17. The van der Waals surface area contributed by atoms with Crippen LogP contribution in [0.15, 0.2) is 47.0 Å². The van der Waals surface area contributed by atoms with Crippen LogP contribution in [0, 0.1) is 19.3 Å². The van der Waals surface area contributed by atoms with E-state index in [1.54, 1.807) is 0 Å². The van der Waals surface area contributed by atoms with Gasteiger partial charge in [-0.25, -0.2) is 4.98 Å². The SMILES string of the molecule is Cc1ccc2c(n1)oc1c(-c3cc(CC(C)(C)C)c(C)cn3)cccc12. The molecule has 0 amide bonds. The van der Waals surface area contributed by atoms with Crippen LogP contribution in [0.3, 0.4) is 0 Å². The first-order valence-corrected chi connectivity index (χ1v) is 9.07. The molecule has 3 heterocycles. The Morgan fingerprint density at radius 3 is 2.58 bits per heavy atom. The summed E-state index contributed by atoms with van der Waals surface area (Å²) < 4.78 is 6.14. The third-order valence-electron chi connectivity index (χ3n) is 4.71. The molecule has 0 radical (unpaired) electrons. The molecule has 0 unspecified atom stereocenters. The van der Waals surface area contributed by atoms with Crippen LogP contribution < -0.4 is 0 Å². The van der Waals surface area contributed by atoms with Crippen LogP contribution in [0.2, 0.25) is 0 Å². The van der Waals surface area contributed by atoms with Crippen molar-refractivity contribution >= 4 is 22.1 Å². The van der Waals surface area contributed by atoms with Crippen LogP contribution in [-0.2, 0) is 6.42 Å². The van der Waals surface area contributed by atoms with Crippen molar-refractivity contribution in [3.8, 4) is 11.3 Å². The molecule has 0 aliphatic heterocycles.